The van der Waals surface area contributed by atoms with Crippen LogP contribution in [0.2, 0.25) is 0 Å². The quantitative estimate of drug-likeness (QED) is 0.800. The highest BCUT2D eigenvalue weighted by molar-refractivity contribution is 5.36. The molecule has 1 rings (SSSR count). The summed E-state index contributed by atoms with van der Waals surface area (Å²) in [7, 11) is 0. The van der Waals surface area contributed by atoms with Crippen LogP contribution < -0.4 is 9.47 Å². The number of nitriles is 1. The second kappa shape index (κ2) is 5.48. The lowest BCUT2D eigenvalue weighted by atomic mass is 10.3. The standard InChI is InChI=1S/C12H17N3O2/c1-7(2)16-11-9(5)12(17-8(3)4)15-10(6-13)14-11/h7-8H,1-5H3. The van der Waals surface area contributed by atoms with Crippen molar-refractivity contribution in [1.82, 2.24) is 9.97 Å². The van der Waals surface area contributed by atoms with Gasteiger partial charge in [-0.2, -0.15) is 15.2 Å². The van der Waals surface area contributed by atoms with E-state index in [1.54, 1.807) is 0 Å². The first-order chi connectivity index (χ1) is 7.93. The van der Waals surface area contributed by atoms with Gasteiger partial charge in [-0.25, -0.2) is 0 Å². The molecular formula is C12H17N3O2. The minimum absolute atomic E-state index is 0.0120. The first kappa shape index (κ1) is 13.2. The fourth-order valence-electron chi connectivity index (χ4n) is 1.20. The number of aromatic nitrogens is 2. The predicted octanol–water partition coefficient (Wildman–Crippen LogP) is 2.23. The van der Waals surface area contributed by atoms with Gasteiger partial charge in [-0.3, -0.25) is 0 Å². The van der Waals surface area contributed by atoms with Gasteiger partial charge in [-0.05, 0) is 34.6 Å². The Morgan fingerprint density at radius 2 is 1.41 bits per heavy atom. The Kier molecular flexibility index (Phi) is 4.27. The van der Waals surface area contributed by atoms with E-state index in [0.717, 1.165) is 0 Å². The van der Waals surface area contributed by atoms with Crippen LogP contribution >= 0.6 is 0 Å². The van der Waals surface area contributed by atoms with E-state index in [1.807, 2.05) is 40.7 Å². The van der Waals surface area contributed by atoms with Gasteiger partial charge in [0.1, 0.15) is 6.07 Å². The SMILES string of the molecule is Cc1c(OC(C)C)nc(C#N)nc1OC(C)C. The van der Waals surface area contributed by atoms with Gasteiger partial charge < -0.3 is 9.47 Å². The van der Waals surface area contributed by atoms with Gasteiger partial charge in [-0.15, -0.1) is 0 Å². The zero-order chi connectivity index (χ0) is 13.0. The third kappa shape index (κ3) is 3.59. The van der Waals surface area contributed by atoms with Crippen LogP contribution in [0.3, 0.4) is 0 Å². The first-order valence-electron chi connectivity index (χ1n) is 5.56. The summed E-state index contributed by atoms with van der Waals surface area (Å²) in [5.74, 6) is 0.867. The van der Waals surface area contributed by atoms with E-state index in [4.69, 9.17) is 14.7 Å². The monoisotopic (exact) mass is 235 g/mol. The Balaban J connectivity index is 3.17. The molecule has 0 aliphatic rings. The van der Waals surface area contributed by atoms with Crippen molar-refractivity contribution in [2.45, 2.75) is 46.8 Å². The normalized spacial score (nSPS) is 10.5. The summed E-state index contributed by atoms with van der Waals surface area (Å²) >= 11 is 0. The number of ether oxygens (including phenoxy) is 2. The maximum atomic E-state index is 8.86. The summed E-state index contributed by atoms with van der Waals surface area (Å²) in [6.45, 7) is 9.41. The lowest BCUT2D eigenvalue weighted by Crippen LogP contribution is -2.13. The molecular weight excluding hydrogens is 218 g/mol. The Labute approximate surface area is 101 Å². The van der Waals surface area contributed by atoms with E-state index in [0.29, 0.717) is 17.3 Å². The number of hydrogen-bond acceptors (Lipinski definition) is 5. The van der Waals surface area contributed by atoms with Crippen molar-refractivity contribution in [1.29, 1.82) is 5.26 Å². The summed E-state index contributed by atoms with van der Waals surface area (Å²) < 4.78 is 11.1. The molecule has 1 aromatic heterocycles. The van der Waals surface area contributed by atoms with E-state index >= 15 is 0 Å². The van der Waals surface area contributed by atoms with E-state index in [1.165, 1.54) is 0 Å². The largest absolute Gasteiger partial charge is 0.475 e. The molecule has 17 heavy (non-hydrogen) atoms. The van der Waals surface area contributed by atoms with Crippen LogP contribution in [0, 0.1) is 18.3 Å². The topological polar surface area (TPSA) is 68.0 Å². The van der Waals surface area contributed by atoms with Crippen molar-refractivity contribution in [3.8, 4) is 17.8 Å². The Morgan fingerprint density at radius 3 is 1.71 bits per heavy atom. The van der Waals surface area contributed by atoms with Crippen LogP contribution in [-0.4, -0.2) is 22.2 Å². The summed E-state index contributed by atoms with van der Waals surface area (Å²) in [6.07, 6.45) is -0.0240. The maximum absolute atomic E-state index is 8.86. The number of nitrogens with zero attached hydrogens (tertiary/aromatic N) is 3. The summed E-state index contributed by atoms with van der Waals surface area (Å²) in [5, 5.41) is 8.86. The van der Waals surface area contributed by atoms with Gasteiger partial charge in [0.15, 0.2) is 0 Å². The lowest BCUT2D eigenvalue weighted by molar-refractivity contribution is 0.212. The lowest BCUT2D eigenvalue weighted by Gasteiger charge is -2.15. The fourth-order valence-corrected chi connectivity index (χ4v) is 1.20. The number of hydrogen-bond donors (Lipinski definition) is 0. The Morgan fingerprint density at radius 1 is 1.00 bits per heavy atom. The molecule has 0 aliphatic carbocycles. The molecule has 0 saturated heterocycles. The highest BCUT2D eigenvalue weighted by Crippen LogP contribution is 2.25. The number of rotatable bonds is 4. The zero-order valence-corrected chi connectivity index (χ0v) is 10.8. The van der Waals surface area contributed by atoms with Crippen LogP contribution in [0.1, 0.15) is 39.1 Å². The summed E-state index contributed by atoms with van der Waals surface area (Å²) in [4.78, 5) is 8.05. The van der Waals surface area contributed by atoms with Gasteiger partial charge in [0.2, 0.25) is 17.6 Å². The van der Waals surface area contributed by atoms with E-state index < -0.39 is 0 Å². The van der Waals surface area contributed by atoms with Crippen LogP contribution in [0.5, 0.6) is 11.8 Å². The molecule has 0 amide bonds. The average molecular weight is 235 g/mol. The van der Waals surface area contributed by atoms with Crippen molar-refractivity contribution in [3.63, 3.8) is 0 Å². The molecule has 1 heterocycles. The maximum Gasteiger partial charge on any atom is 0.238 e. The molecule has 5 heteroatoms. The van der Waals surface area contributed by atoms with E-state index in [-0.39, 0.29) is 18.0 Å². The third-order valence-corrected chi connectivity index (χ3v) is 1.85. The molecule has 0 radical (unpaired) electrons. The van der Waals surface area contributed by atoms with Crippen molar-refractivity contribution in [3.05, 3.63) is 11.4 Å². The highest BCUT2D eigenvalue weighted by Gasteiger charge is 2.15. The first-order valence-corrected chi connectivity index (χ1v) is 5.56. The Hall–Kier alpha value is -1.83. The zero-order valence-electron chi connectivity index (χ0n) is 10.8. The van der Waals surface area contributed by atoms with Gasteiger partial charge in [0, 0.05) is 0 Å². The molecule has 92 valence electrons. The molecule has 0 N–H and O–H groups in total. The van der Waals surface area contributed by atoms with Gasteiger partial charge >= 0.3 is 0 Å². The fraction of sp³-hybridized carbons (Fsp3) is 0.583. The second-order valence-corrected chi connectivity index (χ2v) is 4.23. The highest BCUT2D eigenvalue weighted by atomic mass is 16.5. The molecule has 0 atom stereocenters. The van der Waals surface area contributed by atoms with Gasteiger partial charge in [-0.1, -0.05) is 0 Å². The molecule has 0 fully saturated rings. The third-order valence-electron chi connectivity index (χ3n) is 1.85. The van der Waals surface area contributed by atoms with E-state index in [9.17, 15) is 0 Å². The van der Waals surface area contributed by atoms with Crippen molar-refractivity contribution < 1.29 is 9.47 Å². The van der Waals surface area contributed by atoms with Crippen LogP contribution in [0.15, 0.2) is 0 Å². The molecule has 1 aromatic rings. The van der Waals surface area contributed by atoms with Crippen molar-refractivity contribution in [2.24, 2.45) is 0 Å². The predicted molar refractivity (Wildman–Crippen MR) is 63.0 cm³/mol. The Bertz CT molecular complexity index is 405. The minimum atomic E-state index is -0.0120. The van der Waals surface area contributed by atoms with Gasteiger partial charge in [0.05, 0.1) is 17.8 Å². The summed E-state index contributed by atoms with van der Waals surface area (Å²) in [6, 6.07) is 1.90. The molecule has 0 aliphatic heterocycles. The second-order valence-electron chi connectivity index (χ2n) is 4.23. The van der Waals surface area contributed by atoms with Crippen LogP contribution in [0.25, 0.3) is 0 Å². The molecule has 0 unspecified atom stereocenters. The molecule has 0 aromatic carbocycles. The van der Waals surface area contributed by atoms with Gasteiger partial charge in [0.25, 0.3) is 0 Å². The smallest absolute Gasteiger partial charge is 0.238 e. The van der Waals surface area contributed by atoms with E-state index in [2.05, 4.69) is 9.97 Å². The average Bonchev–Trinajstić information content (AvgIpc) is 2.22. The van der Waals surface area contributed by atoms with Crippen molar-refractivity contribution in [2.75, 3.05) is 0 Å². The minimum Gasteiger partial charge on any atom is -0.475 e. The van der Waals surface area contributed by atoms with Crippen LogP contribution in [-0.2, 0) is 0 Å². The van der Waals surface area contributed by atoms with Crippen LogP contribution in [0.4, 0.5) is 0 Å². The molecule has 0 saturated carbocycles. The molecule has 5 nitrogen and oxygen atoms in total. The molecule has 0 bridgehead atoms. The summed E-state index contributed by atoms with van der Waals surface area (Å²) in [5.41, 5.74) is 0.714. The molecule has 0 spiro atoms. The van der Waals surface area contributed by atoms with Crippen molar-refractivity contribution >= 4 is 0 Å².